The number of alkyl halides is 1. The maximum absolute atomic E-state index is 11.5. The van der Waals surface area contributed by atoms with Crippen molar-refractivity contribution in [3.8, 4) is 0 Å². The third-order valence-corrected chi connectivity index (χ3v) is 3.53. The van der Waals surface area contributed by atoms with Crippen LogP contribution in [-0.4, -0.2) is 22.8 Å². The van der Waals surface area contributed by atoms with Gasteiger partial charge in [-0.25, -0.2) is 0 Å². The summed E-state index contributed by atoms with van der Waals surface area (Å²) in [4.78, 5) is 15.9. The first-order valence-electron chi connectivity index (χ1n) is 4.58. The first-order chi connectivity index (χ1) is 6.77. The highest BCUT2D eigenvalue weighted by molar-refractivity contribution is 7.11. The second-order valence-corrected chi connectivity index (χ2v) is 4.88. The highest BCUT2D eigenvalue weighted by atomic mass is 35.5. The Morgan fingerprint density at radius 2 is 2.57 bits per heavy atom. The molecule has 14 heavy (non-hydrogen) atoms. The molecular weight excluding hydrogens is 220 g/mol. The van der Waals surface area contributed by atoms with Crippen LogP contribution in [0, 0.1) is 5.92 Å². The van der Waals surface area contributed by atoms with Crippen LogP contribution in [0.15, 0.2) is 11.7 Å². The highest BCUT2D eigenvalue weighted by Crippen LogP contribution is 2.35. The third-order valence-electron chi connectivity index (χ3n) is 2.25. The van der Waals surface area contributed by atoms with E-state index in [1.54, 1.807) is 11.7 Å². The zero-order chi connectivity index (χ0) is 9.97. The van der Waals surface area contributed by atoms with Gasteiger partial charge in [0.1, 0.15) is 4.88 Å². The van der Waals surface area contributed by atoms with Gasteiger partial charge < -0.3 is 5.32 Å². The predicted octanol–water partition coefficient (Wildman–Crippen LogP) is 1.89. The summed E-state index contributed by atoms with van der Waals surface area (Å²) in [6.07, 6.45) is 3.97. The van der Waals surface area contributed by atoms with Gasteiger partial charge in [0.25, 0.3) is 5.91 Å². The molecule has 1 saturated carbocycles. The first-order valence-corrected chi connectivity index (χ1v) is 5.89. The molecule has 1 fully saturated rings. The molecule has 0 aromatic carbocycles. The SMILES string of the molecule is O=C(NCC(Cl)C1CC1)c1cncs1. The number of carbonyl (C=O) groups is 1. The molecule has 1 N–H and O–H groups in total. The summed E-state index contributed by atoms with van der Waals surface area (Å²) in [6, 6.07) is 0. The Bertz CT molecular complexity index is 311. The molecule has 1 aromatic heterocycles. The maximum Gasteiger partial charge on any atom is 0.263 e. The molecule has 1 amide bonds. The average molecular weight is 231 g/mol. The molecule has 5 heteroatoms. The van der Waals surface area contributed by atoms with Crippen LogP contribution in [0.1, 0.15) is 22.5 Å². The first kappa shape index (κ1) is 9.93. The number of halogens is 1. The lowest BCUT2D eigenvalue weighted by atomic mass is 10.3. The van der Waals surface area contributed by atoms with Gasteiger partial charge in [0, 0.05) is 6.54 Å². The quantitative estimate of drug-likeness (QED) is 0.803. The summed E-state index contributed by atoms with van der Waals surface area (Å²) in [6.45, 7) is 0.558. The van der Waals surface area contributed by atoms with Crippen molar-refractivity contribution in [1.82, 2.24) is 10.3 Å². The second kappa shape index (κ2) is 4.28. The van der Waals surface area contributed by atoms with Gasteiger partial charge in [-0.3, -0.25) is 9.78 Å². The van der Waals surface area contributed by atoms with Gasteiger partial charge in [-0.1, -0.05) is 0 Å². The number of hydrogen-bond donors (Lipinski definition) is 1. The van der Waals surface area contributed by atoms with Crippen LogP contribution in [0.4, 0.5) is 0 Å². The van der Waals surface area contributed by atoms with E-state index in [0.29, 0.717) is 17.3 Å². The van der Waals surface area contributed by atoms with E-state index in [1.165, 1.54) is 24.2 Å². The Hall–Kier alpha value is -0.610. The van der Waals surface area contributed by atoms with E-state index in [1.807, 2.05) is 0 Å². The minimum Gasteiger partial charge on any atom is -0.350 e. The Morgan fingerprint density at radius 3 is 3.14 bits per heavy atom. The maximum atomic E-state index is 11.5. The third kappa shape index (κ3) is 2.45. The molecule has 0 aliphatic heterocycles. The molecule has 0 spiro atoms. The zero-order valence-corrected chi connectivity index (χ0v) is 9.14. The van der Waals surface area contributed by atoms with Crippen molar-refractivity contribution in [1.29, 1.82) is 0 Å². The molecule has 76 valence electrons. The fourth-order valence-electron chi connectivity index (χ4n) is 1.23. The molecule has 1 aliphatic rings. The normalized spacial score (nSPS) is 17.8. The molecule has 0 saturated heterocycles. The lowest BCUT2D eigenvalue weighted by molar-refractivity contribution is 0.0957. The van der Waals surface area contributed by atoms with E-state index in [0.717, 1.165) is 0 Å². The Balaban J connectivity index is 1.77. The van der Waals surface area contributed by atoms with Crippen LogP contribution in [0.3, 0.4) is 0 Å². The van der Waals surface area contributed by atoms with Crippen LogP contribution in [0.25, 0.3) is 0 Å². The fraction of sp³-hybridized carbons (Fsp3) is 0.556. The van der Waals surface area contributed by atoms with Crippen molar-refractivity contribution in [2.75, 3.05) is 6.54 Å². The predicted molar refractivity (Wildman–Crippen MR) is 56.8 cm³/mol. The van der Waals surface area contributed by atoms with Gasteiger partial charge in [-0.2, -0.15) is 0 Å². The number of thiazole rings is 1. The van der Waals surface area contributed by atoms with Gasteiger partial charge in [-0.05, 0) is 18.8 Å². The molecule has 3 nitrogen and oxygen atoms in total. The van der Waals surface area contributed by atoms with Gasteiger partial charge >= 0.3 is 0 Å². The largest absolute Gasteiger partial charge is 0.350 e. The van der Waals surface area contributed by atoms with E-state index in [4.69, 9.17) is 11.6 Å². The lowest BCUT2D eigenvalue weighted by Crippen LogP contribution is -2.30. The lowest BCUT2D eigenvalue weighted by Gasteiger charge is -2.08. The van der Waals surface area contributed by atoms with Crippen molar-refractivity contribution in [2.24, 2.45) is 5.92 Å². The minimum absolute atomic E-state index is 0.0706. The molecular formula is C9H11ClN2OS. The molecule has 2 rings (SSSR count). The molecule has 1 atom stereocenters. The van der Waals surface area contributed by atoms with Crippen LogP contribution < -0.4 is 5.32 Å². The molecule has 1 aliphatic carbocycles. The van der Waals surface area contributed by atoms with Crippen molar-refractivity contribution >= 4 is 28.8 Å². The van der Waals surface area contributed by atoms with Crippen molar-refractivity contribution < 1.29 is 4.79 Å². The summed E-state index contributed by atoms with van der Waals surface area (Å²) in [7, 11) is 0. The summed E-state index contributed by atoms with van der Waals surface area (Å²) >= 11 is 7.40. The Morgan fingerprint density at radius 1 is 1.79 bits per heavy atom. The monoisotopic (exact) mass is 230 g/mol. The fourth-order valence-corrected chi connectivity index (χ4v) is 2.10. The van der Waals surface area contributed by atoms with E-state index >= 15 is 0 Å². The number of nitrogens with one attached hydrogen (secondary N) is 1. The molecule has 0 radical (unpaired) electrons. The van der Waals surface area contributed by atoms with Crippen LogP contribution in [0.2, 0.25) is 0 Å². The van der Waals surface area contributed by atoms with Crippen LogP contribution in [0.5, 0.6) is 0 Å². The zero-order valence-electron chi connectivity index (χ0n) is 7.57. The van der Waals surface area contributed by atoms with Crippen LogP contribution in [-0.2, 0) is 0 Å². The van der Waals surface area contributed by atoms with Gasteiger partial charge in [-0.15, -0.1) is 22.9 Å². The molecule has 1 aromatic rings. The number of carbonyl (C=O) groups excluding carboxylic acids is 1. The second-order valence-electron chi connectivity index (χ2n) is 3.43. The summed E-state index contributed by atoms with van der Waals surface area (Å²) in [5.41, 5.74) is 1.65. The summed E-state index contributed by atoms with van der Waals surface area (Å²) in [5, 5.41) is 2.90. The molecule has 1 unspecified atom stereocenters. The van der Waals surface area contributed by atoms with E-state index in [9.17, 15) is 4.79 Å². The van der Waals surface area contributed by atoms with Gasteiger partial charge in [0.05, 0.1) is 17.1 Å². The smallest absolute Gasteiger partial charge is 0.263 e. The van der Waals surface area contributed by atoms with Gasteiger partial charge in [0.2, 0.25) is 0 Å². The van der Waals surface area contributed by atoms with E-state index < -0.39 is 0 Å². The van der Waals surface area contributed by atoms with Crippen molar-refractivity contribution in [2.45, 2.75) is 18.2 Å². The van der Waals surface area contributed by atoms with Crippen molar-refractivity contribution in [3.05, 3.63) is 16.6 Å². The number of rotatable bonds is 4. The summed E-state index contributed by atoms with van der Waals surface area (Å²) in [5.74, 6) is 0.539. The number of hydrogen-bond acceptors (Lipinski definition) is 3. The van der Waals surface area contributed by atoms with E-state index in [-0.39, 0.29) is 11.3 Å². The Labute approximate surface area is 91.5 Å². The number of aromatic nitrogens is 1. The Kier molecular flexibility index (Phi) is 3.03. The number of nitrogens with zero attached hydrogens (tertiary/aromatic N) is 1. The molecule has 0 bridgehead atoms. The number of amides is 1. The molecule has 1 heterocycles. The minimum atomic E-state index is -0.0706. The average Bonchev–Trinajstić information content (AvgIpc) is 2.90. The van der Waals surface area contributed by atoms with Crippen molar-refractivity contribution in [3.63, 3.8) is 0 Å². The standard InChI is InChI=1S/C9H11ClN2OS/c10-7(6-1-2-6)3-12-9(13)8-4-11-5-14-8/h4-7H,1-3H2,(H,12,13). The summed E-state index contributed by atoms with van der Waals surface area (Å²) < 4.78 is 0. The highest BCUT2D eigenvalue weighted by Gasteiger charge is 2.29. The van der Waals surface area contributed by atoms with E-state index in [2.05, 4.69) is 10.3 Å². The van der Waals surface area contributed by atoms with Gasteiger partial charge in [0.15, 0.2) is 0 Å². The van der Waals surface area contributed by atoms with Crippen LogP contribution >= 0.6 is 22.9 Å². The topological polar surface area (TPSA) is 42.0 Å².